The Kier molecular flexibility index (Phi) is 6.94. The highest BCUT2D eigenvalue weighted by atomic mass is 16.5. The van der Waals surface area contributed by atoms with Gasteiger partial charge in [0.25, 0.3) is 0 Å². The minimum Gasteiger partial charge on any atom is -0.496 e. The van der Waals surface area contributed by atoms with Gasteiger partial charge in [0, 0.05) is 18.7 Å². The molecule has 4 heteroatoms. The molecular weight excluding hydrogens is 240 g/mol. The van der Waals surface area contributed by atoms with Crippen molar-refractivity contribution in [1.82, 2.24) is 5.32 Å². The Labute approximate surface area is 115 Å². The molecule has 0 saturated heterocycles. The Balaban J connectivity index is 2.42. The van der Waals surface area contributed by atoms with Crippen molar-refractivity contribution >= 4 is 0 Å². The lowest BCUT2D eigenvalue weighted by Gasteiger charge is -2.11. The van der Waals surface area contributed by atoms with Gasteiger partial charge in [0.05, 0.1) is 18.7 Å². The molecule has 4 nitrogen and oxygen atoms in total. The second-order valence-electron chi connectivity index (χ2n) is 4.75. The minimum absolute atomic E-state index is 0.248. The van der Waals surface area contributed by atoms with Crippen LogP contribution in [0.3, 0.4) is 0 Å². The topological polar surface area (TPSA) is 65.3 Å². The normalized spacial score (nSPS) is 11.9. The number of aliphatic hydroxyl groups excluding tert-OH is 1. The van der Waals surface area contributed by atoms with Gasteiger partial charge in [0.15, 0.2) is 0 Å². The van der Waals surface area contributed by atoms with Gasteiger partial charge in [0.2, 0.25) is 0 Å². The second kappa shape index (κ2) is 8.52. The Bertz CT molecular complexity index is 427. The van der Waals surface area contributed by atoms with Crippen LogP contribution in [0.15, 0.2) is 18.2 Å². The number of rotatable bonds is 8. The second-order valence-corrected chi connectivity index (χ2v) is 4.75. The Morgan fingerprint density at radius 1 is 1.47 bits per heavy atom. The third-order valence-corrected chi connectivity index (χ3v) is 3.09. The molecule has 1 unspecified atom stereocenters. The fourth-order valence-electron chi connectivity index (χ4n) is 1.88. The van der Waals surface area contributed by atoms with Crippen LogP contribution in [-0.2, 0) is 6.54 Å². The smallest absolute Gasteiger partial charge is 0.123 e. The summed E-state index contributed by atoms with van der Waals surface area (Å²) in [5, 5.41) is 21.2. The van der Waals surface area contributed by atoms with Crippen LogP contribution in [-0.4, -0.2) is 25.4 Å². The molecule has 2 N–H and O–H groups in total. The van der Waals surface area contributed by atoms with Crippen molar-refractivity contribution in [3.8, 4) is 11.8 Å². The molecule has 19 heavy (non-hydrogen) atoms. The van der Waals surface area contributed by atoms with E-state index in [9.17, 15) is 0 Å². The van der Waals surface area contributed by atoms with Gasteiger partial charge < -0.3 is 15.2 Å². The van der Waals surface area contributed by atoms with Crippen LogP contribution < -0.4 is 10.1 Å². The molecule has 1 aromatic rings. The summed E-state index contributed by atoms with van der Waals surface area (Å²) in [5.41, 5.74) is 1.64. The van der Waals surface area contributed by atoms with Crippen LogP contribution in [0.25, 0.3) is 0 Å². The molecular formula is C15H22N2O2. The summed E-state index contributed by atoms with van der Waals surface area (Å²) in [5.74, 6) is 1.16. The first-order chi connectivity index (χ1) is 9.21. The lowest BCUT2D eigenvalue weighted by atomic mass is 10.1. The first kappa shape index (κ1) is 15.5. The van der Waals surface area contributed by atoms with E-state index in [0.717, 1.165) is 30.7 Å². The van der Waals surface area contributed by atoms with Gasteiger partial charge in [-0.25, -0.2) is 0 Å². The van der Waals surface area contributed by atoms with Gasteiger partial charge in [-0.2, -0.15) is 5.26 Å². The number of methoxy groups -OCH3 is 1. The molecule has 0 aliphatic carbocycles. The van der Waals surface area contributed by atoms with E-state index in [1.807, 2.05) is 19.1 Å². The van der Waals surface area contributed by atoms with Crippen LogP contribution in [0.1, 0.15) is 30.9 Å². The molecule has 0 heterocycles. The van der Waals surface area contributed by atoms with Crippen LogP contribution in [0.4, 0.5) is 0 Å². The number of nitriles is 1. The summed E-state index contributed by atoms with van der Waals surface area (Å²) >= 11 is 0. The highest BCUT2D eigenvalue weighted by Gasteiger charge is 2.04. The fourth-order valence-corrected chi connectivity index (χ4v) is 1.88. The summed E-state index contributed by atoms with van der Waals surface area (Å²) in [6.45, 7) is 3.87. The lowest BCUT2D eigenvalue weighted by Crippen LogP contribution is -2.16. The zero-order chi connectivity index (χ0) is 14.1. The maximum Gasteiger partial charge on any atom is 0.123 e. The molecule has 0 amide bonds. The van der Waals surface area contributed by atoms with Crippen LogP contribution >= 0.6 is 0 Å². The van der Waals surface area contributed by atoms with E-state index in [-0.39, 0.29) is 6.61 Å². The van der Waals surface area contributed by atoms with Crippen molar-refractivity contribution in [3.63, 3.8) is 0 Å². The number of benzene rings is 1. The molecule has 0 aromatic heterocycles. The van der Waals surface area contributed by atoms with Gasteiger partial charge in [0.1, 0.15) is 5.75 Å². The van der Waals surface area contributed by atoms with Gasteiger partial charge in [-0.3, -0.25) is 0 Å². The van der Waals surface area contributed by atoms with E-state index < -0.39 is 0 Å². The van der Waals surface area contributed by atoms with Crippen molar-refractivity contribution < 1.29 is 9.84 Å². The summed E-state index contributed by atoms with van der Waals surface area (Å²) in [7, 11) is 1.63. The maximum atomic E-state index is 8.93. The van der Waals surface area contributed by atoms with Crippen LogP contribution in [0.5, 0.6) is 5.75 Å². The standard InChI is InChI=1S/C15H22N2O2/c1-12(11-18)4-3-7-17-10-14-8-13(9-16)5-6-15(14)19-2/h5-6,8,12,17-18H,3-4,7,10-11H2,1-2H3. The van der Waals surface area contributed by atoms with Crippen molar-refractivity contribution in [2.75, 3.05) is 20.3 Å². The van der Waals surface area contributed by atoms with Gasteiger partial charge >= 0.3 is 0 Å². The molecule has 104 valence electrons. The molecule has 0 aliphatic rings. The third-order valence-electron chi connectivity index (χ3n) is 3.09. The molecule has 0 spiro atoms. The molecule has 0 bridgehead atoms. The molecule has 0 fully saturated rings. The number of nitrogens with one attached hydrogen (secondary N) is 1. The number of aliphatic hydroxyl groups is 1. The Morgan fingerprint density at radius 3 is 2.89 bits per heavy atom. The number of nitrogens with zero attached hydrogens (tertiary/aromatic N) is 1. The summed E-state index contributed by atoms with van der Waals surface area (Å²) in [6.07, 6.45) is 2.04. The average molecular weight is 262 g/mol. The third kappa shape index (κ3) is 5.29. The van der Waals surface area contributed by atoms with Crippen molar-refractivity contribution in [2.24, 2.45) is 5.92 Å². The SMILES string of the molecule is COc1ccc(C#N)cc1CNCCCC(C)CO. The maximum absolute atomic E-state index is 8.93. The first-order valence-corrected chi connectivity index (χ1v) is 6.59. The molecule has 1 atom stereocenters. The van der Waals surface area contributed by atoms with E-state index in [2.05, 4.69) is 11.4 Å². The first-order valence-electron chi connectivity index (χ1n) is 6.59. The summed E-state index contributed by atoms with van der Waals surface area (Å²) in [4.78, 5) is 0. The van der Waals surface area contributed by atoms with E-state index in [0.29, 0.717) is 18.0 Å². The van der Waals surface area contributed by atoms with Gasteiger partial charge in [-0.1, -0.05) is 6.92 Å². The molecule has 0 saturated carbocycles. The monoisotopic (exact) mass is 262 g/mol. The predicted octanol–water partition coefficient (Wildman–Crippen LogP) is 2.07. The quantitative estimate of drug-likeness (QED) is 0.704. The number of hydrogen-bond donors (Lipinski definition) is 2. The van der Waals surface area contributed by atoms with E-state index in [4.69, 9.17) is 15.1 Å². The molecule has 0 aliphatic heterocycles. The van der Waals surface area contributed by atoms with Crippen molar-refractivity contribution in [3.05, 3.63) is 29.3 Å². The van der Waals surface area contributed by atoms with Crippen molar-refractivity contribution in [1.29, 1.82) is 5.26 Å². The lowest BCUT2D eigenvalue weighted by molar-refractivity contribution is 0.228. The van der Waals surface area contributed by atoms with Gasteiger partial charge in [-0.15, -0.1) is 0 Å². The van der Waals surface area contributed by atoms with Crippen LogP contribution in [0.2, 0.25) is 0 Å². The zero-order valence-corrected chi connectivity index (χ0v) is 11.6. The zero-order valence-electron chi connectivity index (χ0n) is 11.6. The van der Waals surface area contributed by atoms with E-state index in [1.54, 1.807) is 13.2 Å². The Morgan fingerprint density at radius 2 is 2.26 bits per heavy atom. The number of ether oxygens (including phenoxy) is 1. The van der Waals surface area contributed by atoms with Crippen LogP contribution in [0, 0.1) is 17.2 Å². The largest absolute Gasteiger partial charge is 0.496 e. The van der Waals surface area contributed by atoms with Crippen molar-refractivity contribution in [2.45, 2.75) is 26.3 Å². The minimum atomic E-state index is 0.248. The Hall–Kier alpha value is -1.57. The number of hydrogen-bond acceptors (Lipinski definition) is 4. The summed E-state index contributed by atoms with van der Waals surface area (Å²) < 4.78 is 5.28. The fraction of sp³-hybridized carbons (Fsp3) is 0.533. The predicted molar refractivity (Wildman–Crippen MR) is 74.9 cm³/mol. The van der Waals surface area contributed by atoms with Gasteiger partial charge in [-0.05, 0) is 43.5 Å². The molecule has 1 aromatic carbocycles. The molecule has 0 radical (unpaired) electrons. The summed E-state index contributed by atoms with van der Waals surface area (Å²) in [6, 6.07) is 7.56. The van der Waals surface area contributed by atoms with E-state index >= 15 is 0 Å². The van der Waals surface area contributed by atoms with E-state index in [1.165, 1.54) is 0 Å². The highest BCUT2D eigenvalue weighted by Crippen LogP contribution is 2.19. The molecule has 1 rings (SSSR count). The average Bonchev–Trinajstić information content (AvgIpc) is 2.46. The highest BCUT2D eigenvalue weighted by molar-refractivity contribution is 5.41.